The topological polar surface area (TPSA) is 93.4 Å². The summed E-state index contributed by atoms with van der Waals surface area (Å²) < 4.78 is 0.740. The molecule has 1 aliphatic heterocycles. The molecular weight excluding hydrogens is 326 g/mol. The Morgan fingerprint density at radius 3 is 2.80 bits per heavy atom. The van der Waals surface area contributed by atoms with Crippen LogP contribution in [0.15, 0.2) is 34.4 Å². The Bertz CT molecular complexity index is 649. The van der Waals surface area contributed by atoms with Crippen molar-refractivity contribution in [1.29, 1.82) is 5.26 Å². The van der Waals surface area contributed by atoms with Crippen LogP contribution in [0, 0.1) is 11.3 Å². The summed E-state index contributed by atoms with van der Waals surface area (Å²) in [5.74, 6) is -1.00. The first-order chi connectivity index (χ1) is 9.56. The number of amides is 2. The number of carbonyl (C=O) groups is 2. The Labute approximate surface area is 123 Å². The molecule has 2 amide bonds. The molecule has 20 heavy (non-hydrogen) atoms. The fourth-order valence-corrected chi connectivity index (χ4v) is 2.13. The molecule has 0 unspecified atom stereocenters. The summed E-state index contributed by atoms with van der Waals surface area (Å²) in [7, 11) is 0. The molecule has 2 rings (SSSR count). The molecule has 0 saturated carbocycles. The lowest BCUT2D eigenvalue weighted by Gasteiger charge is -2.13. The van der Waals surface area contributed by atoms with E-state index in [9.17, 15) is 9.59 Å². The summed E-state index contributed by atoms with van der Waals surface area (Å²) in [6, 6.07) is 6.96. The third-order valence-electron chi connectivity index (χ3n) is 2.70. The average Bonchev–Trinajstić information content (AvgIpc) is 2.69. The van der Waals surface area contributed by atoms with Crippen molar-refractivity contribution in [2.24, 2.45) is 0 Å². The predicted molar refractivity (Wildman–Crippen MR) is 74.4 cm³/mol. The molecule has 0 saturated heterocycles. The largest absolute Gasteiger partial charge is 0.395 e. The van der Waals surface area contributed by atoms with Crippen LogP contribution < -0.4 is 5.32 Å². The monoisotopic (exact) mass is 335 g/mol. The number of halogens is 1. The molecule has 1 heterocycles. The highest BCUT2D eigenvalue weighted by Crippen LogP contribution is 2.23. The molecule has 6 nitrogen and oxygen atoms in total. The predicted octanol–water partition coefficient (Wildman–Crippen LogP) is 0.978. The van der Waals surface area contributed by atoms with Crippen molar-refractivity contribution >= 4 is 33.4 Å². The summed E-state index contributed by atoms with van der Waals surface area (Å²) in [6.45, 7) is -0.342. The van der Waals surface area contributed by atoms with E-state index < -0.39 is 11.8 Å². The lowest BCUT2D eigenvalue weighted by molar-refractivity contribution is -0.137. The molecule has 0 fully saturated rings. The van der Waals surface area contributed by atoms with E-state index in [2.05, 4.69) is 21.2 Å². The fourth-order valence-electron chi connectivity index (χ4n) is 1.77. The van der Waals surface area contributed by atoms with Crippen LogP contribution in [0.25, 0.3) is 0 Å². The first kappa shape index (κ1) is 14.2. The van der Waals surface area contributed by atoms with Gasteiger partial charge in [0.1, 0.15) is 11.8 Å². The number of nitrogens with one attached hydrogen (secondary N) is 1. The van der Waals surface area contributed by atoms with Gasteiger partial charge in [0, 0.05) is 10.5 Å². The van der Waals surface area contributed by atoms with Crippen LogP contribution in [0.2, 0.25) is 0 Å². The number of benzene rings is 1. The van der Waals surface area contributed by atoms with Crippen molar-refractivity contribution in [2.75, 3.05) is 18.5 Å². The summed E-state index contributed by atoms with van der Waals surface area (Å²) in [5, 5.41) is 20.6. The number of imide groups is 1. The van der Waals surface area contributed by atoms with E-state index in [-0.39, 0.29) is 18.8 Å². The maximum Gasteiger partial charge on any atom is 0.277 e. The lowest BCUT2D eigenvalue weighted by Crippen LogP contribution is -2.34. The quantitative estimate of drug-likeness (QED) is 0.800. The molecule has 102 valence electrons. The first-order valence-corrected chi connectivity index (χ1v) is 6.51. The summed E-state index contributed by atoms with van der Waals surface area (Å²) >= 11 is 3.25. The van der Waals surface area contributed by atoms with Gasteiger partial charge in [0.25, 0.3) is 11.8 Å². The zero-order valence-electron chi connectivity index (χ0n) is 10.3. The van der Waals surface area contributed by atoms with Gasteiger partial charge in [-0.1, -0.05) is 15.9 Å². The number of carbonyl (C=O) groups excluding carboxylic acids is 2. The van der Waals surface area contributed by atoms with Gasteiger partial charge in [0.2, 0.25) is 0 Å². The second kappa shape index (κ2) is 5.86. The number of nitriles is 1. The minimum atomic E-state index is -0.518. The van der Waals surface area contributed by atoms with Crippen LogP contribution in [-0.2, 0) is 9.59 Å². The number of hydrogen-bond donors (Lipinski definition) is 2. The van der Waals surface area contributed by atoms with Crippen LogP contribution in [0.5, 0.6) is 0 Å². The second-order valence-corrected chi connectivity index (χ2v) is 4.92. The highest BCUT2D eigenvalue weighted by Gasteiger charge is 2.30. The number of aliphatic hydroxyl groups excluding tert-OH is 1. The van der Waals surface area contributed by atoms with Gasteiger partial charge in [-0.2, -0.15) is 5.26 Å². The SMILES string of the molecule is N#Cc1cc(Br)ccc1NC1=CC(=O)N(CCO)C1=O. The van der Waals surface area contributed by atoms with Crippen molar-refractivity contribution in [3.63, 3.8) is 0 Å². The van der Waals surface area contributed by atoms with Gasteiger partial charge in [-0.25, -0.2) is 0 Å². The Kier molecular flexibility index (Phi) is 4.17. The molecule has 1 aliphatic rings. The van der Waals surface area contributed by atoms with E-state index in [1.807, 2.05) is 6.07 Å². The van der Waals surface area contributed by atoms with Crippen LogP contribution in [0.3, 0.4) is 0 Å². The number of hydrogen-bond acceptors (Lipinski definition) is 5. The van der Waals surface area contributed by atoms with Gasteiger partial charge in [-0.15, -0.1) is 0 Å². The Morgan fingerprint density at radius 1 is 1.40 bits per heavy atom. The first-order valence-electron chi connectivity index (χ1n) is 5.72. The molecule has 1 aromatic carbocycles. The van der Waals surface area contributed by atoms with Crippen LogP contribution in [0.4, 0.5) is 5.69 Å². The Morgan fingerprint density at radius 2 is 2.15 bits per heavy atom. The second-order valence-electron chi connectivity index (χ2n) is 4.00. The van der Waals surface area contributed by atoms with E-state index in [0.717, 1.165) is 15.4 Å². The van der Waals surface area contributed by atoms with Crippen molar-refractivity contribution in [3.8, 4) is 6.07 Å². The van der Waals surface area contributed by atoms with Crippen molar-refractivity contribution in [2.45, 2.75) is 0 Å². The van der Waals surface area contributed by atoms with Gasteiger partial charge in [-0.05, 0) is 18.2 Å². The van der Waals surface area contributed by atoms with Crippen LogP contribution >= 0.6 is 15.9 Å². The Balaban J connectivity index is 2.24. The van der Waals surface area contributed by atoms with E-state index in [0.29, 0.717) is 11.3 Å². The zero-order chi connectivity index (χ0) is 14.7. The van der Waals surface area contributed by atoms with Crippen molar-refractivity contribution < 1.29 is 14.7 Å². The van der Waals surface area contributed by atoms with E-state index in [4.69, 9.17) is 10.4 Å². The van der Waals surface area contributed by atoms with Gasteiger partial charge in [-0.3, -0.25) is 14.5 Å². The molecule has 2 N–H and O–H groups in total. The highest BCUT2D eigenvalue weighted by molar-refractivity contribution is 9.10. The van der Waals surface area contributed by atoms with Gasteiger partial charge >= 0.3 is 0 Å². The fraction of sp³-hybridized carbons (Fsp3) is 0.154. The normalized spacial score (nSPS) is 14.2. The highest BCUT2D eigenvalue weighted by atomic mass is 79.9. The maximum absolute atomic E-state index is 11.9. The number of β-amino-alcohol motifs (C(OH)–C–C–N with tert-alkyl or cyclic N) is 1. The smallest absolute Gasteiger partial charge is 0.277 e. The number of rotatable bonds is 4. The van der Waals surface area contributed by atoms with E-state index in [1.165, 1.54) is 0 Å². The molecule has 0 bridgehead atoms. The molecular formula is C13H10BrN3O3. The van der Waals surface area contributed by atoms with Crippen LogP contribution in [0.1, 0.15) is 5.56 Å². The molecule has 0 aromatic heterocycles. The van der Waals surface area contributed by atoms with Gasteiger partial charge in [0.05, 0.1) is 24.4 Å². The average molecular weight is 336 g/mol. The molecule has 0 radical (unpaired) electrons. The number of anilines is 1. The molecule has 7 heteroatoms. The van der Waals surface area contributed by atoms with Gasteiger partial charge < -0.3 is 10.4 Å². The standard InChI is InChI=1S/C13H10BrN3O3/c14-9-1-2-10(8(5-9)7-15)16-11-6-12(19)17(3-4-18)13(11)20/h1-2,5-6,16,18H,3-4H2. The van der Waals surface area contributed by atoms with Crippen molar-refractivity contribution in [3.05, 3.63) is 40.0 Å². The third-order valence-corrected chi connectivity index (χ3v) is 3.20. The van der Waals surface area contributed by atoms with Gasteiger partial charge in [0.15, 0.2) is 0 Å². The van der Waals surface area contributed by atoms with E-state index >= 15 is 0 Å². The third kappa shape index (κ3) is 2.71. The maximum atomic E-state index is 11.9. The summed E-state index contributed by atoms with van der Waals surface area (Å²) in [6.07, 6.45) is 1.15. The molecule has 1 aromatic rings. The minimum absolute atomic E-state index is 0.0508. The summed E-state index contributed by atoms with van der Waals surface area (Å²) in [5.41, 5.74) is 0.873. The van der Waals surface area contributed by atoms with Crippen LogP contribution in [-0.4, -0.2) is 35.0 Å². The molecule has 0 aliphatic carbocycles. The molecule has 0 atom stereocenters. The summed E-state index contributed by atoms with van der Waals surface area (Å²) in [4.78, 5) is 24.5. The molecule has 0 spiro atoms. The number of nitrogens with zero attached hydrogens (tertiary/aromatic N) is 2. The number of aliphatic hydroxyl groups is 1. The minimum Gasteiger partial charge on any atom is -0.395 e. The Hall–Kier alpha value is -2.17. The zero-order valence-corrected chi connectivity index (χ0v) is 11.8. The van der Waals surface area contributed by atoms with E-state index in [1.54, 1.807) is 18.2 Å². The van der Waals surface area contributed by atoms with Crippen molar-refractivity contribution in [1.82, 2.24) is 4.90 Å². The lowest BCUT2D eigenvalue weighted by atomic mass is 10.2.